The van der Waals surface area contributed by atoms with Gasteiger partial charge in [-0.3, -0.25) is 0 Å². The van der Waals surface area contributed by atoms with Crippen molar-refractivity contribution in [2.45, 2.75) is 70.7 Å². The largest absolute Gasteiger partial charge is 0.491 e. The molecule has 3 atom stereocenters. The van der Waals surface area contributed by atoms with Crippen molar-refractivity contribution >= 4 is 0 Å². The Labute approximate surface area is 285 Å². The SMILES string of the molecule is CC(C)(C)c1ccc(OCC(O)COc2ccc(C(C)(C)c3ccc(OCC4CO4)cc3)cc2)cc1.Cc1ccc(OCC2CO2)cc1. The Bertz CT molecular complexity index is 1530. The van der Waals surface area contributed by atoms with E-state index < -0.39 is 6.10 Å². The maximum absolute atomic E-state index is 10.3. The van der Waals surface area contributed by atoms with Crippen molar-refractivity contribution in [3.63, 3.8) is 0 Å². The molecule has 0 radical (unpaired) electrons. The molecule has 4 aromatic rings. The number of aryl methyl sites for hydroxylation is 1. The highest BCUT2D eigenvalue weighted by Crippen LogP contribution is 2.33. The van der Waals surface area contributed by atoms with Crippen LogP contribution in [0.15, 0.2) is 97.1 Å². The number of hydrogen-bond donors (Lipinski definition) is 1. The summed E-state index contributed by atoms with van der Waals surface area (Å²) < 4.78 is 33.0. The summed E-state index contributed by atoms with van der Waals surface area (Å²) in [6.45, 7) is 16.3. The van der Waals surface area contributed by atoms with E-state index in [0.717, 1.165) is 30.5 Å². The summed E-state index contributed by atoms with van der Waals surface area (Å²) in [5, 5.41) is 10.3. The standard InChI is InChI=1S/C31H38O5.C10H12O2/c1-30(2,3)22-6-12-26(13-7-22)33-18-25(32)19-34-27-14-8-23(9-15-27)31(4,5)24-10-16-28(17-11-24)35-20-29-21-36-29;1-8-2-4-9(5-3-8)11-6-10-7-12-10/h6-17,25,29,32H,18-21H2,1-5H3;2-5,10H,6-7H2,1H3. The molecule has 0 aromatic heterocycles. The minimum Gasteiger partial charge on any atom is -0.491 e. The molecule has 6 rings (SSSR count). The van der Waals surface area contributed by atoms with Crippen LogP contribution in [0.25, 0.3) is 0 Å². The van der Waals surface area contributed by atoms with E-state index in [4.69, 9.17) is 28.4 Å². The lowest BCUT2D eigenvalue weighted by Gasteiger charge is -2.26. The van der Waals surface area contributed by atoms with E-state index in [1.807, 2.05) is 60.7 Å². The molecule has 3 unspecified atom stereocenters. The minimum absolute atomic E-state index is 0.0987. The first-order valence-electron chi connectivity index (χ1n) is 16.8. The van der Waals surface area contributed by atoms with Crippen molar-refractivity contribution in [2.24, 2.45) is 0 Å². The van der Waals surface area contributed by atoms with E-state index in [-0.39, 0.29) is 30.1 Å². The van der Waals surface area contributed by atoms with Gasteiger partial charge in [0.15, 0.2) is 0 Å². The summed E-state index contributed by atoms with van der Waals surface area (Å²) in [6, 6.07) is 32.4. The maximum atomic E-state index is 10.3. The van der Waals surface area contributed by atoms with Gasteiger partial charge in [-0.15, -0.1) is 0 Å². The predicted molar refractivity (Wildman–Crippen MR) is 189 cm³/mol. The highest BCUT2D eigenvalue weighted by Gasteiger charge is 2.25. The molecule has 2 aliphatic heterocycles. The van der Waals surface area contributed by atoms with E-state index in [2.05, 4.69) is 77.9 Å². The average Bonchev–Trinajstić information content (AvgIpc) is 4.02. The topological polar surface area (TPSA) is 82.2 Å². The molecule has 7 nitrogen and oxygen atoms in total. The molecule has 1 N–H and O–H groups in total. The van der Waals surface area contributed by atoms with Crippen LogP contribution in [0.5, 0.6) is 23.0 Å². The molecule has 256 valence electrons. The lowest BCUT2D eigenvalue weighted by molar-refractivity contribution is 0.0626. The zero-order valence-electron chi connectivity index (χ0n) is 29.1. The molecule has 0 saturated carbocycles. The Morgan fingerprint density at radius 3 is 1.25 bits per heavy atom. The molecule has 4 aromatic carbocycles. The Hall–Kier alpha value is -4.04. The number of epoxide rings is 2. The van der Waals surface area contributed by atoms with E-state index in [9.17, 15) is 5.11 Å². The monoisotopic (exact) mass is 654 g/mol. The van der Waals surface area contributed by atoms with Gasteiger partial charge >= 0.3 is 0 Å². The number of rotatable bonds is 14. The molecular weight excluding hydrogens is 604 g/mol. The van der Waals surface area contributed by atoms with Crippen LogP contribution < -0.4 is 18.9 Å². The van der Waals surface area contributed by atoms with Crippen LogP contribution >= 0.6 is 0 Å². The number of aliphatic hydroxyl groups excluding tert-OH is 1. The van der Waals surface area contributed by atoms with Gasteiger partial charge in [0.1, 0.15) is 67.7 Å². The third-order valence-corrected chi connectivity index (χ3v) is 8.45. The third kappa shape index (κ3) is 11.0. The van der Waals surface area contributed by atoms with E-state index in [1.54, 1.807) is 0 Å². The first kappa shape index (κ1) is 35.3. The van der Waals surface area contributed by atoms with E-state index in [0.29, 0.717) is 25.1 Å². The molecule has 2 aliphatic rings. The first-order chi connectivity index (χ1) is 23.0. The van der Waals surface area contributed by atoms with Crippen molar-refractivity contribution in [1.82, 2.24) is 0 Å². The molecule has 7 heteroatoms. The fourth-order valence-electron chi connectivity index (χ4n) is 4.93. The van der Waals surface area contributed by atoms with Gasteiger partial charge in [0.25, 0.3) is 0 Å². The summed E-state index contributed by atoms with van der Waals surface area (Å²) in [6.07, 6.45) is -0.136. The minimum atomic E-state index is -0.726. The Morgan fingerprint density at radius 2 is 0.896 bits per heavy atom. The fourth-order valence-corrected chi connectivity index (χ4v) is 4.93. The summed E-state index contributed by atoms with van der Waals surface area (Å²) in [5.41, 5.74) is 4.81. The summed E-state index contributed by atoms with van der Waals surface area (Å²) >= 11 is 0. The van der Waals surface area contributed by atoms with E-state index in [1.165, 1.54) is 22.3 Å². The van der Waals surface area contributed by atoms with Gasteiger partial charge in [0, 0.05) is 5.41 Å². The van der Waals surface area contributed by atoms with Crippen molar-refractivity contribution in [3.05, 3.63) is 119 Å². The van der Waals surface area contributed by atoms with Crippen LogP contribution in [-0.4, -0.2) is 63.1 Å². The quantitative estimate of drug-likeness (QED) is 0.140. The Balaban J connectivity index is 0.000000313. The molecule has 48 heavy (non-hydrogen) atoms. The summed E-state index contributed by atoms with van der Waals surface area (Å²) in [4.78, 5) is 0. The average molecular weight is 655 g/mol. The highest BCUT2D eigenvalue weighted by molar-refractivity contribution is 5.42. The second-order valence-corrected chi connectivity index (χ2v) is 14.1. The van der Waals surface area contributed by atoms with Crippen molar-refractivity contribution in [2.75, 3.05) is 39.6 Å². The highest BCUT2D eigenvalue weighted by atomic mass is 16.6. The van der Waals surface area contributed by atoms with Gasteiger partial charge in [0.05, 0.1) is 13.2 Å². The van der Waals surface area contributed by atoms with Crippen LogP contribution in [0.1, 0.15) is 56.9 Å². The second kappa shape index (κ2) is 15.9. The molecule has 0 aliphatic carbocycles. The summed E-state index contributed by atoms with van der Waals surface area (Å²) in [7, 11) is 0. The number of ether oxygens (including phenoxy) is 6. The Kier molecular flexibility index (Phi) is 11.7. The smallest absolute Gasteiger partial charge is 0.122 e. The molecule has 0 bridgehead atoms. The van der Waals surface area contributed by atoms with Crippen molar-refractivity contribution in [3.8, 4) is 23.0 Å². The third-order valence-electron chi connectivity index (χ3n) is 8.45. The second-order valence-electron chi connectivity index (χ2n) is 14.1. The van der Waals surface area contributed by atoms with Crippen LogP contribution in [0.4, 0.5) is 0 Å². The van der Waals surface area contributed by atoms with Gasteiger partial charge in [-0.1, -0.05) is 88.7 Å². The fraction of sp³-hybridized carbons (Fsp3) is 0.415. The molecular formula is C41H50O7. The zero-order chi connectivity index (χ0) is 34.1. The molecule has 2 fully saturated rings. The van der Waals surface area contributed by atoms with Crippen LogP contribution in [-0.2, 0) is 20.3 Å². The number of aliphatic hydroxyl groups is 1. The van der Waals surface area contributed by atoms with Gasteiger partial charge < -0.3 is 33.5 Å². The number of hydrogen-bond acceptors (Lipinski definition) is 7. The molecule has 0 spiro atoms. The van der Waals surface area contributed by atoms with Crippen LogP contribution in [0.3, 0.4) is 0 Å². The molecule has 2 heterocycles. The summed E-state index contributed by atoms with van der Waals surface area (Å²) in [5.74, 6) is 3.24. The van der Waals surface area contributed by atoms with Gasteiger partial charge in [-0.25, -0.2) is 0 Å². The predicted octanol–water partition coefficient (Wildman–Crippen LogP) is 7.68. The molecule has 2 saturated heterocycles. The number of benzene rings is 4. The van der Waals surface area contributed by atoms with Gasteiger partial charge in [-0.2, -0.15) is 0 Å². The van der Waals surface area contributed by atoms with E-state index >= 15 is 0 Å². The van der Waals surface area contributed by atoms with Crippen molar-refractivity contribution < 1.29 is 33.5 Å². The van der Waals surface area contributed by atoms with Crippen LogP contribution in [0.2, 0.25) is 0 Å². The zero-order valence-corrected chi connectivity index (χ0v) is 29.1. The van der Waals surface area contributed by atoms with Gasteiger partial charge in [0.2, 0.25) is 0 Å². The molecule has 0 amide bonds. The maximum Gasteiger partial charge on any atom is 0.122 e. The van der Waals surface area contributed by atoms with Crippen molar-refractivity contribution in [1.29, 1.82) is 0 Å². The van der Waals surface area contributed by atoms with Crippen LogP contribution in [0, 0.1) is 6.92 Å². The first-order valence-corrected chi connectivity index (χ1v) is 16.8. The lowest BCUT2D eigenvalue weighted by Crippen LogP contribution is -2.25. The normalized spacial score (nSPS) is 17.4. The Morgan fingerprint density at radius 1 is 0.562 bits per heavy atom. The lowest BCUT2D eigenvalue weighted by atomic mass is 9.78. The van der Waals surface area contributed by atoms with Gasteiger partial charge in [-0.05, 0) is 77.6 Å².